The van der Waals surface area contributed by atoms with Gasteiger partial charge in [-0.05, 0) is 23.6 Å². The summed E-state index contributed by atoms with van der Waals surface area (Å²) in [5, 5.41) is 0.672. The molecule has 0 radical (unpaired) electrons. The van der Waals surface area contributed by atoms with Crippen molar-refractivity contribution in [3.05, 3.63) is 34.9 Å². The van der Waals surface area contributed by atoms with Crippen molar-refractivity contribution in [3.8, 4) is 0 Å². The minimum absolute atomic E-state index is 0.202. The Bertz CT molecular complexity index is 330. The molecule has 0 heterocycles. The van der Waals surface area contributed by atoms with Crippen LogP contribution in [0.4, 0.5) is 0 Å². The van der Waals surface area contributed by atoms with E-state index in [1.807, 2.05) is 26.0 Å². The third kappa shape index (κ3) is 2.96. The second-order valence-corrected chi connectivity index (χ2v) is 4.23. The predicted octanol–water partition coefficient (Wildman–Crippen LogP) is 3.25. The van der Waals surface area contributed by atoms with E-state index in [-0.39, 0.29) is 17.8 Å². The number of halogens is 1. The van der Waals surface area contributed by atoms with Crippen LogP contribution in [0.3, 0.4) is 0 Å². The molecule has 1 aromatic rings. The van der Waals surface area contributed by atoms with Crippen molar-refractivity contribution >= 4 is 17.6 Å². The number of esters is 1. The monoisotopic (exact) mass is 226 g/mol. The largest absolute Gasteiger partial charge is 0.469 e. The third-order valence-corrected chi connectivity index (χ3v) is 2.60. The number of methoxy groups -OCH3 is 1. The van der Waals surface area contributed by atoms with Crippen molar-refractivity contribution in [3.63, 3.8) is 0 Å². The van der Waals surface area contributed by atoms with Gasteiger partial charge in [0, 0.05) is 5.02 Å². The van der Waals surface area contributed by atoms with Gasteiger partial charge in [-0.3, -0.25) is 4.79 Å². The van der Waals surface area contributed by atoms with Crippen molar-refractivity contribution in [1.29, 1.82) is 0 Å². The molecule has 0 bridgehead atoms. The predicted molar refractivity (Wildman–Crippen MR) is 61.0 cm³/mol. The van der Waals surface area contributed by atoms with Gasteiger partial charge in [0.2, 0.25) is 0 Å². The molecule has 0 fully saturated rings. The lowest BCUT2D eigenvalue weighted by Crippen LogP contribution is -2.19. The van der Waals surface area contributed by atoms with Gasteiger partial charge in [0.05, 0.1) is 13.0 Å². The normalized spacial score (nSPS) is 12.6. The van der Waals surface area contributed by atoms with Gasteiger partial charge >= 0.3 is 5.97 Å². The molecule has 0 aliphatic rings. The zero-order chi connectivity index (χ0) is 11.4. The molecule has 1 aromatic carbocycles. The van der Waals surface area contributed by atoms with Crippen LogP contribution in [-0.4, -0.2) is 13.1 Å². The molecule has 1 atom stereocenters. The number of ether oxygens (including phenoxy) is 1. The van der Waals surface area contributed by atoms with Crippen LogP contribution >= 0.6 is 11.6 Å². The smallest absolute Gasteiger partial charge is 0.313 e. The SMILES string of the molecule is COC(=O)[C@@H](c1ccc(Cl)cc1)C(C)C. The molecule has 0 unspecified atom stereocenters. The number of hydrogen-bond acceptors (Lipinski definition) is 2. The molecule has 1 rings (SSSR count). The average molecular weight is 227 g/mol. The summed E-state index contributed by atoms with van der Waals surface area (Å²) in [5.74, 6) is -0.210. The van der Waals surface area contributed by atoms with E-state index in [2.05, 4.69) is 0 Å². The lowest BCUT2D eigenvalue weighted by Gasteiger charge is -2.18. The second-order valence-electron chi connectivity index (χ2n) is 3.80. The number of benzene rings is 1. The Labute approximate surface area is 95.2 Å². The van der Waals surface area contributed by atoms with Gasteiger partial charge in [-0.2, -0.15) is 0 Å². The topological polar surface area (TPSA) is 26.3 Å². The maximum absolute atomic E-state index is 11.6. The summed E-state index contributed by atoms with van der Waals surface area (Å²) in [5.41, 5.74) is 0.946. The summed E-state index contributed by atoms with van der Waals surface area (Å²) in [6.07, 6.45) is 0. The first kappa shape index (κ1) is 12.1. The number of rotatable bonds is 3. The summed E-state index contributed by atoms with van der Waals surface area (Å²) < 4.78 is 4.79. The zero-order valence-electron chi connectivity index (χ0n) is 9.16. The molecule has 2 nitrogen and oxygen atoms in total. The maximum Gasteiger partial charge on any atom is 0.313 e. The average Bonchev–Trinajstić information content (AvgIpc) is 2.20. The van der Waals surface area contributed by atoms with Crippen LogP contribution in [-0.2, 0) is 9.53 Å². The molecule has 0 N–H and O–H groups in total. The van der Waals surface area contributed by atoms with Gasteiger partial charge in [0.1, 0.15) is 0 Å². The first-order valence-electron chi connectivity index (χ1n) is 4.89. The molecule has 3 heteroatoms. The highest BCUT2D eigenvalue weighted by Gasteiger charge is 2.24. The Morgan fingerprint density at radius 3 is 2.20 bits per heavy atom. The molecule has 0 amide bonds. The Hall–Kier alpha value is -1.02. The van der Waals surface area contributed by atoms with Gasteiger partial charge in [-0.25, -0.2) is 0 Å². The minimum atomic E-state index is -0.215. The van der Waals surface area contributed by atoms with Crippen molar-refractivity contribution in [2.75, 3.05) is 7.11 Å². The van der Waals surface area contributed by atoms with Crippen LogP contribution in [0.2, 0.25) is 5.02 Å². The fourth-order valence-electron chi connectivity index (χ4n) is 1.59. The fourth-order valence-corrected chi connectivity index (χ4v) is 1.72. The van der Waals surface area contributed by atoms with Crippen molar-refractivity contribution in [2.24, 2.45) is 5.92 Å². The van der Waals surface area contributed by atoms with E-state index >= 15 is 0 Å². The summed E-state index contributed by atoms with van der Waals surface area (Å²) in [7, 11) is 1.41. The Kier molecular flexibility index (Phi) is 4.15. The van der Waals surface area contributed by atoms with Crippen LogP contribution in [0.15, 0.2) is 24.3 Å². The van der Waals surface area contributed by atoms with E-state index in [4.69, 9.17) is 16.3 Å². The van der Waals surface area contributed by atoms with Gasteiger partial charge < -0.3 is 4.74 Å². The van der Waals surface area contributed by atoms with Crippen LogP contribution in [0.1, 0.15) is 25.3 Å². The first-order valence-corrected chi connectivity index (χ1v) is 5.27. The Morgan fingerprint density at radius 2 is 1.80 bits per heavy atom. The van der Waals surface area contributed by atoms with E-state index in [0.29, 0.717) is 5.02 Å². The molecule has 0 aromatic heterocycles. The highest BCUT2D eigenvalue weighted by atomic mass is 35.5. The summed E-state index contributed by atoms with van der Waals surface area (Å²) >= 11 is 5.79. The molecule has 0 saturated carbocycles. The highest BCUT2D eigenvalue weighted by molar-refractivity contribution is 6.30. The van der Waals surface area contributed by atoms with Crippen molar-refractivity contribution in [1.82, 2.24) is 0 Å². The minimum Gasteiger partial charge on any atom is -0.469 e. The van der Waals surface area contributed by atoms with Crippen molar-refractivity contribution in [2.45, 2.75) is 19.8 Å². The molecule has 82 valence electrons. The maximum atomic E-state index is 11.6. The van der Waals surface area contributed by atoms with Gasteiger partial charge in [-0.15, -0.1) is 0 Å². The molecular weight excluding hydrogens is 212 g/mol. The Morgan fingerprint density at radius 1 is 1.27 bits per heavy atom. The van der Waals surface area contributed by atoms with E-state index in [1.54, 1.807) is 12.1 Å². The molecule has 15 heavy (non-hydrogen) atoms. The van der Waals surface area contributed by atoms with E-state index in [9.17, 15) is 4.79 Å². The van der Waals surface area contributed by atoms with Crippen molar-refractivity contribution < 1.29 is 9.53 Å². The van der Waals surface area contributed by atoms with Crippen LogP contribution < -0.4 is 0 Å². The summed E-state index contributed by atoms with van der Waals surface area (Å²) in [6.45, 7) is 3.99. The van der Waals surface area contributed by atoms with Gasteiger partial charge in [-0.1, -0.05) is 37.6 Å². The van der Waals surface area contributed by atoms with Gasteiger partial charge in [0.15, 0.2) is 0 Å². The summed E-state index contributed by atoms with van der Waals surface area (Å²) in [6, 6.07) is 7.30. The van der Waals surface area contributed by atoms with Gasteiger partial charge in [0.25, 0.3) is 0 Å². The third-order valence-electron chi connectivity index (χ3n) is 2.35. The van der Waals surface area contributed by atoms with E-state index in [0.717, 1.165) is 5.56 Å². The molecular formula is C12H15ClO2. The number of carbonyl (C=O) groups excluding carboxylic acids is 1. The lowest BCUT2D eigenvalue weighted by molar-refractivity contribution is -0.143. The number of hydrogen-bond donors (Lipinski definition) is 0. The molecule has 0 saturated heterocycles. The molecule has 0 aliphatic heterocycles. The van der Waals surface area contributed by atoms with Crippen LogP contribution in [0.5, 0.6) is 0 Å². The summed E-state index contributed by atoms with van der Waals surface area (Å²) in [4.78, 5) is 11.6. The quantitative estimate of drug-likeness (QED) is 0.740. The lowest BCUT2D eigenvalue weighted by atomic mass is 9.88. The zero-order valence-corrected chi connectivity index (χ0v) is 9.91. The van der Waals surface area contributed by atoms with E-state index in [1.165, 1.54) is 7.11 Å². The highest BCUT2D eigenvalue weighted by Crippen LogP contribution is 2.26. The van der Waals surface area contributed by atoms with Crippen LogP contribution in [0, 0.1) is 5.92 Å². The number of carbonyl (C=O) groups is 1. The second kappa shape index (κ2) is 5.17. The van der Waals surface area contributed by atoms with Crippen LogP contribution in [0.25, 0.3) is 0 Å². The van der Waals surface area contributed by atoms with E-state index < -0.39 is 0 Å². The molecule has 0 aliphatic carbocycles. The fraction of sp³-hybridized carbons (Fsp3) is 0.417. The standard InChI is InChI=1S/C12H15ClO2/c1-8(2)11(12(14)15-3)9-4-6-10(13)7-5-9/h4-8,11H,1-3H3/t11-/m1/s1. The Balaban J connectivity index is 2.99. The first-order chi connectivity index (χ1) is 7.06. The molecule has 0 spiro atoms.